The number of nitrogens with one attached hydrogen (secondary N) is 1. The maximum absolute atomic E-state index is 14.4. The second kappa shape index (κ2) is 13.6. The molecule has 0 fully saturated rings. The highest BCUT2D eigenvalue weighted by atomic mass is 32.2. The first-order valence-corrected chi connectivity index (χ1v) is 16.3. The molecule has 0 unspecified atom stereocenters. The molecule has 3 aromatic carbocycles. The minimum atomic E-state index is -0.913. The Hall–Kier alpha value is -5.60. The van der Waals surface area contributed by atoms with Crippen LogP contribution in [0.1, 0.15) is 35.3 Å². The standard InChI is InChI=1S/C34H27N5O7S2/c1-4-46-32(42)28-29(20-8-6-5-7-9-20)37-34-38(30(28)21-10-13-24(45-3)14-11-21)31(41)26(48-34)18-22-17-23(39(43)44)12-15-25(22)47-33-35-19(2)16-27(40)36-33/h5-18,30H,4H2,1-3H3,(H,35,36,40)/b26-18+/t30-/m0/s1. The third kappa shape index (κ3) is 6.48. The zero-order valence-corrected chi connectivity index (χ0v) is 27.5. The molecule has 48 heavy (non-hydrogen) atoms. The number of H-pyrrole nitrogens is 1. The molecule has 3 heterocycles. The number of carbonyl (C=O) groups excluding carboxylic acids is 1. The molecule has 0 aliphatic carbocycles. The first-order valence-electron chi connectivity index (χ1n) is 14.6. The van der Waals surface area contributed by atoms with Crippen LogP contribution in [0.2, 0.25) is 0 Å². The molecule has 1 aliphatic rings. The van der Waals surface area contributed by atoms with Crippen molar-refractivity contribution in [2.45, 2.75) is 29.9 Å². The Bertz CT molecular complexity index is 2330. The molecule has 0 saturated carbocycles. The van der Waals surface area contributed by atoms with Crippen molar-refractivity contribution < 1.29 is 19.2 Å². The average Bonchev–Trinajstić information content (AvgIpc) is 3.38. The highest BCUT2D eigenvalue weighted by Crippen LogP contribution is 2.36. The molecule has 12 nitrogen and oxygen atoms in total. The molecule has 0 spiro atoms. The van der Waals surface area contributed by atoms with E-state index in [4.69, 9.17) is 14.5 Å². The third-order valence-electron chi connectivity index (χ3n) is 7.35. The molecular weight excluding hydrogens is 655 g/mol. The number of esters is 1. The van der Waals surface area contributed by atoms with Gasteiger partial charge >= 0.3 is 5.97 Å². The van der Waals surface area contributed by atoms with Gasteiger partial charge in [0, 0.05) is 34.4 Å². The zero-order chi connectivity index (χ0) is 33.9. The number of aromatic nitrogens is 3. The Balaban J connectivity index is 1.61. The summed E-state index contributed by atoms with van der Waals surface area (Å²) in [5, 5.41) is 12.0. The molecule has 6 rings (SSSR count). The van der Waals surface area contributed by atoms with Crippen LogP contribution in [0.15, 0.2) is 109 Å². The molecule has 14 heteroatoms. The topological polar surface area (TPSA) is 159 Å². The van der Waals surface area contributed by atoms with Crippen molar-refractivity contribution >= 4 is 46.5 Å². The van der Waals surface area contributed by atoms with E-state index in [1.807, 2.05) is 30.3 Å². The SMILES string of the molecule is CCOC(=O)C1=C(c2ccccc2)N=c2s/c(=C/c3cc([N+](=O)[O-])ccc3Sc3nc(C)cc(=O)[nH]3)c(=O)n2[C@H]1c1ccc(OC)cc1. The second-order valence-electron chi connectivity index (χ2n) is 10.5. The van der Waals surface area contributed by atoms with Crippen molar-refractivity contribution in [2.75, 3.05) is 13.7 Å². The Morgan fingerprint density at radius 2 is 1.85 bits per heavy atom. The molecule has 0 saturated heterocycles. The quantitative estimate of drug-likeness (QED) is 0.103. The highest BCUT2D eigenvalue weighted by Gasteiger charge is 2.35. The molecule has 0 amide bonds. The van der Waals surface area contributed by atoms with Crippen molar-refractivity contribution in [3.05, 3.63) is 147 Å². The fraction of sp³-hybridized carbons (Fsp3) is 0.147. The van der Waals surface area contributed by atoms with Gasteiger partial charge in [-0.25, -0.2) is 14.8 Å². The smallest absolute Gasteiger partial charge is 0.338 e. The van der Waals surface area contributed by atoms with E-state index in [0.717, 1.165) is 23.1 Å². The third-order valence-corrected chi connectivity index (χ3v) is 9.31. The predicted octanol–water partition coefficient (Wildman–Crippen LogP) is 4.40. The molecule has 1 atom stereocenters. The second-order valence-corrected chi connectivity index (χ2v) is 12.5. The molecular formula is C34H27N5O7S2. The number of aryl methyl sites for hydroxylation is 1. The molecule has 2 aromatic heterocycles. The number of aromatic amines is 1. The van der Waals surface area contributed by atoms with Crippen LogP contribution >= 0.6 is 23.1 Å². The van der Waals surface area contributed by atoms with Crippen LogP contribution in [-0.2, 0) is 9.53 Å². The number of hydrogen-bond donors (Lipinski definition) is 1. The zero-order valence-electron chi connectivity index (χ0n) is 25.8. The van der Waals surface area contributed by atoms with Gasteiger partial charge in [0.25, 0.3) is 16.8 Å². The van der Waals surface area contributed by atoms with E-state index in [2.05, 4.69) is 9.97 Å². The van der Waals surface area contributed by atoms with Crippen LogP contribution in [0, 0.1) is 17.0 Å². The van der Waals surface area contributed by atoms with E-state index in [1.54, 1.807) is 57.4 Å². The maximum atomic E-state index is 14.4. The van der Waals surface area contributed by atoms with Gasteiger partial charge in [0.15, 0.2) is 9.96 Å². The van der Waals surface area contributed by atoms with Gasteiger partial charge in [0.05, 0.1) is 40.5 Å². The number of methoxy groups -OCH3 is 1. The number of thiazole rings is 1. The Labute approximate surface area is 280 Å². The summed E-state index contributed by atoms with van der Waals surface area (Å²) in [6.07, 6.45) is 1.55. The van der Waals surface area contributed by atoms with E-state index >= 15 is 0 Å². The van der Waals surface area contributed by atoms with Crippen molar-refractivity contribution in [1.29, 1.82) is 0 Å². The summed E-state index contributed by atoms with van der Waals surface area (Å²) < 4.78 is 12.5. The number of benzene rings is 3. The summed E-state index contributed by atoms with van der Waals surface area (Å²) in [4.78, 5) is 64.1. The lowest BCUT2D eigenvalue weighted by Crippen LogP contribution is -2.40. The van der Waals surface area contributed by atoms with E-state index in [9.17, 15) is 24.5 Å². The number of hydrogen-bond acceptors (Lipinski definition) is 11. The predicted molar refractivity (Wildman–Crippen MR) is 181 cm³/mol. The van der Waals surface area contributed by atoms with Gasteiger partial charge < -0.3 is 14.5 Å². The van der Waals surface area contributed by atoms with Crippen LogP contribution in [0.3, 0.4) is 0 Å². The minimum absolute atomic E-state index is 0.110. The van der Waals surface area contributed by atoms with E-state index in [-0.39, 0.29) is 33.1 Å². The number of non-ortho nitro benzene ring substituents is 1. The van der Waals surface area contributed by atoms with Crippen molar-refractivity contribution in [3.8, 4) is 5.75 Å². The lowest BCUT2D eigenvalue weighted by molar-refractivity contribution is -0.384. The van der Waals surface area contributed by atoms with Gasteiger partial charge in [-0.05, 0) is 49.2 Å². The van der Waals surface area contributed by atoms with Gasteiger partial charge in [0.1, 0.15) is 5.75 Å². The number of carbonyl (C=O) groups is 1. The van der Waals surface area contributed by atoms with E-state index in [0.29, 0.717) is 43.5 Å². The summed E-state index contributed by atoms with van der Waals surface area (Å²) in [5.41, 5.74) is 1.71. The number of ether oxygens (including phenoxy) is 2. The molecule has 1 N–H and O–H groups in total. The van der Waals surface area contributed by atoms with Crippen molar-refractivity contribution in [1.82, 2.24) is 14.5 Å². The lowest BCUT2D eigenvalue weighted by Gasteiger charge is -2.26. The van der Waals surface area contributed by atoms with Crippen molar-refractivity contribution in [2.24, 2.45) is 4.99 Å². The Morgan fingerprint density at radius 3 is 2.52 bits per heavy atom. The van der Waals surface area contributed by atoms with E-state index in [1.165, 1.54) is 22.8 Å². The maximum Gasteiger partial charge on any atom is 0.338 e. The molecule has 5 aromatic rings. The summed E-state index contributed by atoms with van der Waals surface area (Å²) in [5.74, 6) is -0.0246. The summed E-state index contributed by atoms with van der Waals surface area (Å²) >= 11 is 2.19. The van der Waals surface area contributed by atoms with Gasteiger partial charge in [-0.1, -0.05) is 65.6 Å². The monoisotopic (exact) mass is 681 g/mol. The first-order chi connectivity index (χ1) is 23.2. The normalized spacial score (nSPS) is 14.3. The van der Waals surface area contributed by atoms with Crippen molar-refractivity contribution in [3.63, 3.8) is 0 Å². The number of nitro benzene ring substituents is 1. The van der Waals surface area contributed by atoms with Gasteiger partial charge in [0.2, 0.25) is 0 Å². The van der Waals surface area contributed by atoms with E-state index < -0.39 is 22.5 Å². The fourth-order valence-electron chi connectivity index (χ4n) is 5.24. The molecule has 0 radical (unpaired) electrons. The Morgan fingerprint density at radius 1 is 1.10 bits per heavy atom. The van der Waals surface area contributed by atoms with Gasteiger partial charge in [-0.15, -0.1) is 0 Å². The molecule has 0 bridgehead atoms. The number of rotatable bonds is 9. The first kappa shape index (κ1) is 32.3. The number of nitro groups is 1. The minimum Gasteiger partial charge on any atom is -0.497 e. The molecule has 242 valence electrons. The summed E-state index contributed by atoms with van der Waals surface area (Å²) in [6, 6.07) is 20.9. The van der Waals surface area contributed by atoms with Crippen LogP contribution in [0.25, 0.3) is 11.8 Å². The summed E-state index contributed by atoms with van der Waals surface area (Å²) in [7, 11) is 1.54. The Kier molecular flexibility index (Phi) is 9.19. The summed E-state index contributed by atoms with van der Waals surface area (Å²) in [6.45, 7) is 3.50. The number of nitrogens with zero attached hydrogens (tertiary/aromatic N) is 4. The largest absolute Gasteiger partial charge is 0.497 e. The number of fused-ring (bicyclic) bond motifs is 1. The van der Waals surface area contributed by atoms with Crippen LogP contribution < -0.4 is 25.2 Å². The van der Waals surface area contributed by atoms with Crippen LogP contribution in [0.4, 0.5) is 5.69 Å². The van der Waals surface area contributed by atoms with Crippen LogP contribution in [-0.4, -0.2) is 39.1 Å². The lowest BCUT2D eigenvalue weighted by atomic mass is 9.93. The van der Waals surface area contributed by atoms with Gasteiger partial charge in [-0.2, -0.15) is 0 Å². The highest BCUT2D eigenvalue weighted by molar-refractivity contribution is 7.99. The van der Waals surface area contributed by atoms with Gasteiger partial charge in [-0.3, -0.25) is 24.3 Å². The average molecular weight is 682 g/mol. The molecule has 1 aliphatic heterocycles. The fourth-order valence-corrected chi connectivity index (χ4v) is 7.16. The van der Waals surface area contributed by atoms with Crippen LogP contribution in [0.5, 0.6) is 5.75 Å².